The molecule has 10 heteroatoms. The number of nitrogens with one attached hydrogen (secondary N) is 1. The van der Waals surface area contributed by atoms with Gasteiger partial charge in [0.25, 0.3) is 0 Å². The maximum Gasteiger partial charge on any atom is 0.248 e. The molecule has 0 bridgehead atoms. The average molecular weight is 453 g/mol. The number of benzene rings is 1. The van der Waals surface area contributed by atoms with Gasteiger partial charge < -0.3 is 14.7 Å². The van der Waals surface area contributed by atoms with Crippen LogP contribution in [-0.4, -0.2) is 55.9 Å². The molecule has 1 atom stereocenters. The summed E-state index contributed by atoms with van der Waals surface area (Å²) >= 11 is 5.87. The number of piperidine rings is 1. The molecule has 0 spiro atoms. The summed E-state index contributed by atoms with van der Waals surface area (Å²) in [4.78, 5) is 14.5. The topological polar surface area (TPSA) is 95.8 Å². The van der Waals surface area contributed by atoms with E-state index >= 15 is 0 Å². The standard InChI is InChI=1S/C20H25ClN4O4S/c1-14-19(18(29-23-14)10-12-24(2)3)30(27,28)25-11-4-5-15(13-25)20(26)22-17-8-6-16(21)7-9-17/h6-10,12,15H,4-5,11,13H2,1-3H3,(H,22,26)/b12-10+/t15-/m0/s1. The van der Waals surface area contributed by atoms with Gasteiger partial charge in [-0.15, -0.1) is 0 Å². The van der Waals surface area contributed by atoms with Crippen molar-refractivity contribution in [3.63, 3.8) is 0 Å². The Hall–Kier alpha value is -2.36. The molecule has 1 amide bonds. The number of amides is 1. The fourth-order valence-corrected chi connectivity index (χ4v) is 5.20. The number of aromatic nitrogens is 1. The van der Waals surface area contributed by atoms with E-state index < -0.39 is 15.9 Å². The van der Waals surface area contributed by atoms with Crippen molar-refractivity contribution in [3.8, 4) is 0 Å². The first-order chi connectivity index (χ1) is 14.2. The lowest BCUT2D eigenvalue weighted by Gasteiger charge is -2.31. The molecule has 1 N–H and O–H groups in total. The molecule has 0 unspecified atom stereocenters. The first-order valence-corrected chi connectivity index (χ1v) is 11.4. The lowest BCUT2D eigenvalue weighted by molar-refractivity contribution is -0.120. The van der Waals surface area contributed by atoms with Gasteiger partial charge in [-0.2, -0.15) is 4.31 Å². The Morgan fingerprint density at radius 2 is 2.03 bits per heavy atom. The highest BCUT2D eigenvalue weighted by Gasteiger charge is 2.36. The molecule has 1 aromatic carbocycles. The number of carbonyl (C=O) groups excluding carboxylic acids is 1. The third-order valence-corrected chi connectivity index (χ3v) is 7.10. The van der Waals surface area contributed by atoms with Crippen molar-refractivity contribution in [1.82, 2.24) is 14.4 Å². The van der Waals surface area contributed by atoms with Crippen LogP contribution in [0.1, 0.15) is 24.3 Å². The van der Waals surface area contributed by atoms with Crippen LogP contribution >= 0.6 is 11.6 Å². The van der Waals surface area contributed by atoms with Crippen LogP contribution in [-0.2, 0) is 14.8 Å². The molecule has 2 aromatic rings. The zero-order chi connectivity index (χ0) is 21.9. The second-order valence-corrected chi connectivity index (χ2v) is 9.75. The van der Waals surface area contributed by atoms with Crippen LogP contribution in [0.4, 0.5) is 5.69 Å². The van der Waals surface area contributed by atoms with E-state index in [1.807, 2.05) is 14.1 Å². The number of halogens is 1. The molecule has 0 aliphatic carbocycles. The summed E-state index contributed by atoms with van der Waals surface area (Å²) in [5, 5.41) is 7.24. The minimum absolute atomic E-state index is 0.0411. The summed E-state index contributed by atoms with van der Waals surface area (Å²) in [6.45, 7) is 2.04. The largest absolute Gasteiger partial charge is 0.383 e. The van der Waals surface area contributed by atoms with Crippen LogP contribution in [0, 0.1) is 12.8 Å². The van der Waals surface area contributed by atoms with Gasteiger partial charge in [0.2, 0.25) is 15.9 Å². The van der Waals surface area contributed by atoms with Crippen molar-refractivity contribution in [3.05, 3.63) is 46.9 Å². The predicted octanol–water partition coefficient (Wildman–Crippen LogP) is 3.21. The van der Waals surface area contributed by atoms with Gasteiger partial charge >= 0.3 is 0 Å². The molecule has 30 heavy (non-hydrogen) atoms. The normalized spacial score (nSPS) is 17.9. The molecular weight excluding hydrogens is 428 g/mol. The van der Waals surface area contributed by atoms with Gasteiger partial charge in [0.05, 0.1) is 5.92 Å². The Balaban J connectivity index is 1.78. The minimum atomic E-state index is -3.86. The summed E-state index contributed by atoms with van der Waals surface area (Å²) in [5.74, 6) is -0.494. The minimum Gasteiger partial charge on any atom is -0.383 e. The number of sulfonamides is 1. The predicted molar refractivity (Wildman–Crippen MR) is 116 cm³/mol. The molecule has 1 saturated heterocycles. The molecule has 8 nitrogen and oxygen atoms in total. The van der Waals surface area contributed by atoms with E-state index in [1.165, 1.54) is 4.31 Å². The van der Waals surface area contributed by atoms with Crippen molar-refractivity contribution < 1.29 is 17.7 Å². The highest BCUT2D eigenvalue weighted by Crippen LogP contribution is 2.29. The van der Waals surface area contributed by atoms with Gasteiger partial charge in [0.1, 0.15) is 5.69 Å². The molecule has 0 radical (unpaired) electrons. The van der Waals surface area contributed by atoms with E-state index in [0.29, 0.717) is 35.8 Å². The Morgan fingerprint density at radius 3 is 2.70 bits per heavy atom. The van der Waals surface area contributed by atoms with Crippen molar-refractivity contribution in [1.29, 1.82) is 0 Å². The van der Waals surface area contributed by atoms with Gasteiger partial charge in [-0.3, -0.25) is 4.79 Å². The van der Waals surface area contributed by atoms with E-state index in [1.54, 1.807) is 48.4 Å². The summed E-state index contributed by atoms with van der Waals surface area (Å²) in [5.41, 5.74) is 0.913. The maximum atomic E-state index is 13.3. The van der Waals surface area contributed by atoms with Crippen molar-refractivity contribution in [2.75, 3.05) is 32.5 Å². The van der Waals surface area contributed by atoms with Gasteiger partial charge in [0, 0.05) is 50.2 Å². The van der Waals surface area contributed by atoms with E-state index in [2.05, 4.69) is 10.5 Å². The van der Waals surface area contributed by atoms with Crippen LogP contribution in [0.25, 0.3) is 6.08 Å². The van der Waals surface area contributed by atoms with Crippen LogP contribution in [0.2, 0.25) is 5.02 Å². The van der Waals surface area contributed by atoms with Crippen molar-refractivity contribution in [2.45, 2.75) is 24.7 Å². The Morgan fingerprint density at radius 1 is 1.33 bits per heavy atom. The molecule has 162 valence electrons. The second kappa shape index (κ2) is 9.20. The molecule has 2 heterocycles. The van der Waals surface area contributed by atoms with Gasteiger partial charge in [-0.25, -0.2) is 8.42 Å². The molecule has 1 aliphatic rings. The van der Waals surface area contributed by atoms with Gasteiger partial charge in [-0.05, 0) is 44.0 Å². The molecule has 1 aromatic heterocycles. The number of anilines is 1. The highest BCUT2D eigenvalue weighted by molar-refractivity contribution is 7.89. The van der Waals surface area contributed by atoms with E-state index in [4.69, 9.17) is 16.1 Å². The Bertz CT molecular complexity index is 1030. The molecule has 0 saturated carbocycles. The summed E-state index contributed by atoms with van der Waals surface area (Å²) < 4.78 is 33.2. The number of hydrogen-bond acceptors (Lipinski definition) is 6. The first kappa shape index (κ1) is 22.3. The monoisotopic (exact) mass is 452 g/mol. The SMILES string of the molecule is Cc1noc(/C=C/N(C)C)c1S(=O)(=O)N1CCC[C@H](C(=O)Nc2ccc(Cl)cc2)C1. The number of carbonyl (C=O) groups is 1. The highest BCUT2D eigenvalue weighted by atomic mass is 35.5. The number of rotatable bonds is 6. The number of hydrogen-bond donors (Lipinski definition) is 1. The van der Waals surface area contributed by atoms with Gasteiger partial charge in [0.15, 0.2) is 10.7 Å². The lowest BCUT2D eigenvalue weighted by atomic mass is 9.99. The average Bonchev–Trinajstić information content (AvgIpc) is 3.09. The fraction of sp³-hybridized carbons (Fsp3) is 0.400. The number of aryl methyl sites for hydroxylation is 1. The Kier molecular flexibility index (Phi) is 6.84. The molecule has 1 fully saturated rings. The van der Waals surface area contributed by atoms with Crippen LogP contribution < -0.4 is 5.32 Å². The first-order valence-electron chi connectivity index (χ1n) is 9.56. The van der Waals surface area contributed by atoms with Crippen LogP contribution in [0.5, 0.6) is 0 Å². The molecule has 3 rings (SSSR count). The van der Waals surface area contributed by atoms with E-state index in [-0.39, 0.29) is 23.1 Å². The van der Waals surface area contributed by atoms with Crippen molar-refractivity contribution in [2.24, 2.45) is 5.92 Å². The fourth-order valence-electron chi connectivity index (χ4n) is 3.30. The third kappa shape index (κ3) is 5.03. The Labute approximate surface area is 181 Å². The third-order valence-electron chi connectivity index (χ3n) is 4.82. The van der Waals surface area contributed by atoms with E-state index in [0.717, 1.165) is 0 Å². The summed E-state index contributed by atoms with van der Waals surface area (Å²) in [7, 11) is -0.219. The van der Waals surface area contributed by atoms with Crippen molar-refractivity contribution >= 4 is 39.3 Å². The maximum absolute atomic E-state index is 13.3. The van der Waals surface area contributed by atoms with Crippen LogP contribution in [0.3, 0.4) is 0 Å². The second-order valence-electron chi connectivity index (χ2n) is 7.44. The molecule has 1 aliphatic heterocycles. The summed E-state index contributed by atoms with van der Waals surface area (Å²) in [6.07, 6.45) is 4.46. The van der Waals surface area contributed by atoms with E-state index in [9.17, 15) is 13.2 Å². The van der Waals surface area contributed by atoms with Crippen LogP contribution in [0.15, 0.2) is 39.9 Å². The number of nitrogens with zero attached hydrogens (tertiary/aromatic N) is 3. The zero-order valence-electron chi connectivity index (χ0n) is 17.1. The zero-order valence-corrected chi connectivity index (χ0v) is 18.7. The lowest BCUT2D eigenvalue weighted by Crippen LogP contribution is -2.43. The quantitative estimate of drug-likeness (QED) is 0.723. The molecular formula is C20H25ClN4O4S. The summed E-state index contributed by atoms with van der Waals surface area (Å²) in [6, 6.07) is 6.79. The smallest absolute Gasteiger partial charge is 0.248 e. The van der Waals surface area contributed by atoms with Gasteiger partial charge in [-0.1, -0.05) is 16.8 Å².